The molecule has 0 saturated heterocycles. The molecule has 0 aliphatic carbocycles. The van der Waals surface area contributed by atoms with Gasteiger partial charge in [0.05, 0.1) is 5.75 Å². The molecule has 0 aliphatic rings. The van der Waals surface area contributed by atoms with E-state index in [0.717, 1.165) is 16.7 Å². The number of hydrogen-bond acceptors (Lipinski definition) is 5. The Balaban J connectivity index is 2.10. The van der Waals surface area contributed by atoms with Gasteiger partial charge in [-0.15, -0.1) is 10.2 Å². The first kappa shape index (κ1) is 13.8. The van der Waals surface area contributed by atoms with Gasteiger partial charge in [-0.3, -0.25) is 4.79 Å². The van der Waals surface area contributed by atoms with Crippen LogP contribution in [0.1, 0.15) is 32.9 Å². The lowest BCUT2D eigenvalue weighted by Gasteiger charge is -2.08. The number of nitrogens with zero attached hydrogens (tertiary/aromatic N) is 2. The predicted molar refractivity (Wildman–Crippen MR) is 74.7 cm³/mol. The highest BCUT2D eigenvalue weighted by Crippen LogP contribution is 2.21. The second kappa shape index (κ2) is 5.57. The van der Waals surface area contributed by atoms with Crippen LogP contribution in [0, 0.1) is 27.7 Å². The summed E-state index contributed by atoms with van der Waals surface area (Å²) in [6, 6.07) is 4.00. The molecule has 0 radical (unpaired) electrons. The minimum absolute atomic E-state index is 0.0847. The van der Waals surface area contributed by atoms with E-state index in [1.807, 2.05) is 32.9 Å². The van der Waals surface area contributed by atoms with Crippen LogP contribution in [0.3, 0.4) is 0 Å². The minimum atomic E-state index is 0.0847. The highest BCUT2D eigenvalue weighted by atomic mass is 32.2. The van der Waals surface area contributed by atoms with E-state index in [1.54, 1.807) is 6.92 Å². The smallest absolute Gasteiger partial charge is 0.277 e. The fraction of sp³-hybridized carbons (Fsp3) is 0.357. The topological polar surface area (TPSA) is 56.0 Å². The first-order chi connectivity index (χ1) is 8.97. The number of rotatable bonds is 4. The largest absolute Gasteiger partial charge is 0.416 e. The van der Waals surface area contributed by atoms with Crippen LogP contribution in [0.2, 0.25) is 0 Å². The van der Waals surface area contributed by atoms with E-state index in [4.69, 9.17) is 4.42 Å². The van der Waals surface area contributed by atoms with Gasteiger partial charge >= 0.3 is 0 Å². The molecule has 2 rings (SSSR count). The molecule has 1 heterocycles. The molecule has 0 unspecified atom stereocenters. The van der Waals surface area contributed by atoms with Crippen molar-refractivity contribution < 1.29 is 9.21 Å². The Morgan fingerprint density at radius 3 is 2.42 bits per heavy atom. The lowest BCUT2D eigenvalue weighted by atomic mass is 9.99. The molecule has 0 bridgehead atoms. The van der Waals surface area contributed by atoms with Crippen LogP contribution in [0.4, 0.5) is 0 Å². The molecule has 19 heavy (non-hydrogen) atoms. The molecular formula is C14H16N2O2S. The van der Waals surface area contributed by atoms with E-state index in [0.29, 0.717) is 16.9 Å². The van der Waals surface area contributed by atoms with E-state index in [2.05, 4.69) is 10.2 Å². The van der Waals surface area contributed by atoms with Crippen LogP contribution in [0.5, 0.6) is 0 Å². The van der Waals surface area contributed by atoms with Crippen LogP contribution in [-0.2, 0) is 0 Å². The lowest BCUT2D eigenvalue weighted by Crippen LogP contribution is -2.06. The average molecular weight is 276 g/mol. The van der Waals surface area contributed by atoms with Crippen molar-refractivity contribution in [3.05, 3.63) is 40.3 Å². The molecule has 0 spiro atoms. The molecule has 0 aliphatic heterocycles. The zero-order chi connectivity index (χ0) is 14.0. The molecular weight excluding hydrogens is 260 g/mol. The Morgan fingerprint density at radius 1 is 1.11 bits per heavy atom. The van der Waals surface area contributed by atoms with Crippen LogP contribution in [-0.4, -0.2) is 21.7 Å². The van der Waals surface area contributed by atoms with E-state index >= 15 is 0 Å². The van der Waals surface area contributed by atoms with Gasteiger partial charge in [-0.05, 0) is 43.5 Å². The summed E-state index contributed by atoms with van der Waals surface area (Å²) in [4.78, 5) is 12.2. The third-order valence-electron chi connectivity index (χ3n) is 2.98. The number of aryl methyl sites for hydroxylation is 4. The monoisotopic (exact) mass is 276 g/mol. The number of Topliss-reactive ketones (excluding diaryl/α,β-unsaturated/α-hetero) is 1. The molecule has 0 saturated carbocycles. The second-order valence-corrected chi connectivity index (χ2v) is 5.48. The first-order valence-corrected chi connectivity index (χ1v) is 7.00. The third-order valence-corrected chi connectivity index (χ3v) is 3.79. The molecule has 1 aromatic heterocycles. The summed E-state index contributed by atoms with van der Waals surface area (Å²) in [7, 11) is 0. The highest BCUT2D eigenvalue weighted by molar-refractivity contribution is 7.99. The van der Waals surface area contributed by atoms with Gasteiger partial charge in [-0.2, -0.15) is 0 Å². The molecule has 5 heteroatoms. The van der Waals surface area contributed by atoms with E-state index < -0.39 is 0 Å². The van der Waals surface area contributed by atoms with Crippen molar-refractivity contribution in [3.8, 4) is 0 Å². The van der Waals surface area contributed by atoms with Crippen molar-refractivity contribution in [2.24, 2.45) is 0 Å². The number of thioether (sulfide) groups is 1. The maximum atomic E-state index is 12.2. The number of ketones is 1. The highest BCUT2D eigenvalue weighted by Gasteiger charge is 2.13. The molecule has 1 aromatic carbocycles. The lowest BCUT2D eigenvalue weighted by molar-refractivity contribution is 0.102. The number of carbonyl (C=O) groups excluding carboxylic acids is 1. The Hall–Kier alpha value is -1.62. The van der Waals surface area contributed by atoms with Crippen LogP contribution >= 0.6 is 11.8 Å². The van der Waals surface area contributed by atoms with Gasteiger partial charge in [-0.25, -0.2) is 0 Å². The SMILES string of the molecule is Cc1nnc(SCC(=O)c2cc(C)c(C)cc2C)o1. The Morgan fingerprint density at radius 2 is 1.79 bits per heavy atom. The molecule has 0 fully saturated rings. The quantitative estimate of drug-likeness (QED) is 0.633. The maximum absolute atomic E-state index is 12.2. The Labute approximate surface area is 116 Å². The maximum Gasteiger partial charge on any atom is 0.277 e. The summed E-state index contributed by atoms with van der Waals surface area (Å²) in [5.41, 5.74) is 4.11. The summed E-state index contributed by atoms with van der Waals surface area (Å²) >= 11 is 1.27. The number of carbonyl (C=O) groups is 1. The summed E-state index contributed by atoms with van der Waals surface area (Å²) in [5.74, 6) is 0.907. The minimum Gasteiger partial charge on any atom is -0.416 e. The van der Waals surface area contributed by atoms with E-state index in [1.165, 1.54) is 17.3 Å². The standard InChI is InChI=1S/C14H16N2O2S/c1-8-5-10(3)12(6-9(8)2)13(17)7-19-14-16-15-11(4)18-14/h5-6H,7H2,1-4H3. The fourth-order valence-electron chi connectivity index (χ4n) is 1.80. The Kier molecular flexibility index (Phi) is 4.04. The summed E-state index contributed by atoms with van der Waals surface area (Å²) in [5, 5.41) is 8.03. The van der Waals surface area contributed by atoms with Gasteiger partial charge < -0.3 is 4.42 Å². The summed E-state index contributed by atoms with van der Waals surface area (Å²) < 4.78 is 5.23. The zero-order valence-corrected chi connectivity index (χ0v) is 12.3. The van der Waals surface area contributed by atoms with Crippen molar-refractivity contribution in [1.82, 2.24) is 10.2 Å². The van der Waals surface area contributed by atoms with E-state index in [9.17, 15) is 4.79 Å². The van der Waals surface area contributed by atoms with Crippen molar-refractivity contribution in [1.29, 1.82) is 0 Å². The second-order valence-electron chi connectivity index (χ2n) is 4.55. The van der Waals surface area contributed by atoms with Crippen molar-refractivity contribution >= 4 is 17.5 Å². The van der Waals surface area contributed by atoms with Crippen molar-refractivity contribution in [3.63, 3.8) is 0 Å². The predicted octanol–water partition coefficient (Wildman–Crippen LogP) is 3.28. The fourth-order valence-corrected chi connectivity index (χ4v) is 2.49. The number of benzene rings is 1. The van der Waals surface area contributed by atoms with Crippen LogP contribution in [0.25, 0.3) is 0 Å². The van der Waals surface area contributed by atoms with Crippen molar-refractivity contribution in [2.45, 2.75) is 32.9 Å². The normalized spacial score (nSPS) is 10.7. The zero-order valence-electron chi connectivity index (χ0n) is 11.5. The van der Waals surface area contributed by atoms with Crippen LogP contribution in [0.15, 0.2) is 21.8 Å². The number of aromatic nitrogens is 2. The molecule has 2 aromatic rings. The summed E-state index contributed by atoms with van der Waals surface area (Å²) in [6.45, 7) is 7.75. The van der Waals surface area contributed by atoms with Gasteiger partial charge in [0.25, 0.3) is 5.22 Å². The summed E-state index contributed by atoms with van der Waals surface area (Å²) in [6.07, 6.45) is 0. The third kappa shape index (κ3) is 3.23. The first-order valence-electron chi connectivity index (χ1n) is 6.01. The molecule has 4 nitrogen and oxygen atoms in total. The number of hydrogen-bond donors (Lipinski definition) is 0. The van der Waals surface area contributed by atoms with Gasteiger partial charge in [0.15, 0.2) is 5.78 Å². The van der Waals surface area contributed by atoms with Gasteiger partial charge in [0.1, 0.15) is 0 Å². The molecule has 100 valence electrons. The van der Waals surface area contributed by atoms with Gasteiger partial charge in [-0.1, -0.05) is 17.8 Å². The Bertz CT molecular complexity index is 620. The molecule has 0 amide bonds. The van der Waals surface area contributed by atoms with E-state index in [-0.39, 0.29) is 5.78 Å². The van der Waals surface area contributed by atoms with Crippen LogP contribution < -0.4 is 0 Å². The average Bonchev–Trinajstić information content (AvgIpc) is 2.77. The van der Waals surface area contributed by atoms with Gasteiger partial charge in [0.2, 0.25) is 5.89 Å². The molecule has 0 N–H and O–H groups in total. The van der Waals surface area contributed by atoms with Gasteiger partial charge in [0, 0.05) is 12.5 Å². The van der Waals surface area contributed by atoms with Crippen molar-refractivity contribution in [2.75, 3.05) is 5.75 Å². The molecule has 0 atom stereocenters.